The number of esters is 1. The molecule has 0 aliphatic carbocycles. The number of halogens is 1. The van der Waals surface area contributed by atoms with Crippen LogP contribution in [0.2, 0.25) is 0 Å². The van der Waals surface area contributed by atoms with Crippen molar-refractivity contribution in [3.05, 3.63) is 58.2 Å². The van der Waals surface area contributed by atoms with Gasteiger partial charge in [-0.2, -0.15) is 0 Å². The highest BCUT2D eigenvalue weighted by molar-refractivity contribution is 6.07. The Morgan fingerprint density at radius 1 is 1.21 bits per heavy atom. The SMILES string of the molecule is CCOC(=O)c1[nH]c(C)c(C(=O)C(C)N(CC)C(=O)c2cccc(F)c2)c1C. The lowest BCUT2D eigenvalue weighted by Gasteiger charge is -2.27. The van der Waals surface area contributed by atoms with Gasteiger partial charge in [0.25, 0.3) is 5.91 Å². The molecule has 0 fully saturated rings. The molecule has 0 bridgehead atoms. The minimum atomic E-state index is -0.788. The Morgan fingerprint density at radius 2 is 1.89 bits per heavy atom. The Hall–Kier alpha value is -2.96. The second kappa shape index (κ2) is 8.82. The van der Waals surface area contributed by atoms with Crippen LogP contribution in [-0.2, 0) is 4.74 Å². The fourth-order valence-corrected chi connectivity index (χ4v) is 3.26. The third-order valence-corrected chi connectivity index (χ3v) is 4.68. The minimum Gasteiger partial charge on any atom is -0.461 e. The Morgan fingerprint density at radius 3 is 2.46 bits per heavy atom. The van der Waals surface area contributed by atoms with Crippen molar-refractivity contribution in [3.8, 4) is 0 Å². The number of rotatable bonds is 7. The third-order valence-electron chi connectivity index (χ3n) is 4.68. The van der Waals surface area contributed by atoms with Gasteiger partial charge in [0.1, 0.15) is 11.5 Å². The zero-order valence-electron chi connectivity index (χ0n) is 16.8. The fraction of sp³-hybridized carbons (Fsp3) is 0.381. The summed E-state index contributed by atoms with van der Waals surface area (Å²) in [7, 11) is 0. The highest BCUT2D eigenvalue weighted by Gasteiger charge is 2.31. The Bertz CT molecular complexity index is 904. The van der Waals surface area contributed by atoms with Gasteiger partial charge in [0.2, 0.25) is 0 Å². The number of hydrogen-bond acceptors (Lipinski definition) is 4. The molecule has 0 aliphatic rings. The maximum Gasteiger partial charge on any atom is 0.355 e. The molecule has 2 aromatic rings. The van der Waals surface area contributed by atoms with E-state index in [4.69, 9.17) is 4.74 Å². The molecule has 0 saturated heterocycles. The molecule has 150 valence electrons. The van der Waals surface area contributed by atoms with Crippen LogP contribution in [0.15, 0.2) is 24.3 Å². The van der Waals surface area contributed by atoms with Gasteiger partial charge in [0.05, 0.1) is 12.6 Å². The van der Waals surface area contributed by atoms with Crippen molar-refractivity contribution in [2.45, 2.75) is 40.7 Å². The number of amides is 1. The van der Waals surface area contributed by atoms with Gasteiger partial charge in [-0.15, -0.1) is 0 Å². The molecule has 1 heterocycles. The number of carbonyl (C=O) groups excluding carboxylic acids is 3. The molecule has 0 radical (unpaired) electrons. The van der Waals surface area contributed by atoms with Gasteiger partial charge >= 0.3 is 5.97 Å². The van der Waals surface area contributed by atoms with E-state index in [-0.39, 0.29) is 30.2 Å². The standard InChI is InChI=1S/C21H25FN2O4/c1-6-24(20(26)15-9-8-10-16(22)11-15)14(5)19(25)17-12(3)18(23-13(17)4)21(27)28-7-2/h8-11,14,23H,6-7H2,1-5H3. The number of ketones is 1. The number of hydrogen-bond donors (Lipinski definition) is 1. The molecule has 6 nitrogen and oxygen atoms in total. The van der Waals surface area contributed by atoms with E-state index in [0.29, 0.717) is 16.8 Å². The lowest BCUT2D eigenvalue weighted by molar-refractivity contribution is 0.0519. The number of Topliss-reactive ketones (excluding diaryl/α,β-unsaturated/α-hetero) is 1. The summed E-state index contributed by atoms with van der Waals surface area (Å²) in [6.45, 7) is 8.94. The lowest BCUT2D eigenvalue weighted by Crippen LogP contribution is -2.43. The quantitative estimate of drug-likeness (QED) is 0.580. The molecular weight excluding hydrogens is 363 g/mol. The fourth-order valence-electron chi connectivity index (χ4n) is 3.26. The molecule has 1 amide bonds. The number of nitrogens with zero attached hydrogens (tertiary/aromatic N) is 1. The van der Waals surface area contributed by atoms with Crippen molar-refractivity contribution in [1.82, 2.24) is 9.88 Å². The molecule has 0 spiro atoms. The van der Waals surface area contributed by atoms with Crippen LogP contribution in [0.3, 0.4) is 0 Å². The molecule has 1 aromatic heterocycles. The number of ether oxygens (including phenoxy) is 1. The van der Waals surface area contributed by atoms with Crippen LogP contribution in [0.25, 0.3) is 0 Å². The van der Waals surface area contributed by atoms with Crippen molar-refractivity contribution in [1.29, 1.82) is 0 Å². The van der Waals surface area contributed by atoms with Gasteiger partial charge < -0.3 is 14.6 Å². The molecule has 7 heteroatoms. The van der Waals surface area contributed by atoms with E-state index in [9.17, 15) is 18.8 Å². The Balaban J connectivity index is 2.34. The largest absolute Gasteiger partial charge is 0.461 e. The van der Waals surface area contributed by atoms with E-state index in [0.717, 1.165) is 6.07 Å². The topological polar surface area (TPSA) is 79.5 Å². The average Bonchev–Trinajstić information content (AvgIpc) is 2.96. The average molecular weight is 388 g/mol. The van der Waals surface area contributed by atoms with E-state index >= 15 is 0 Å². The molecule has 1 unspecified atom stereocenters. The first-order chi connectivity index (χ1) is 13.2. The second-order valence-electron chi connectivity index (χ2n) is 6.49. The van der Waals surface area contributed by atoms with Crippen molar-refractivity contribution in [2.24, 2.45) is 0 Å². The van der Waals surface area contributed by atoms with Crippen molar-refractivity contribution < 1.29 is 23.5 Å². The van der Waals surface area contributed by atoms with Crippen LogP contribution in [0.4, 0.5) is 4.39 Å². The number of nitrogens with one attached hydrogen (secondary N) is 1. The number of benzene rings is 1. The summed E-state index contributed by atoms with van der Waals surface area (Å²) in [5, 5.41) is 0. The molecule has 1 aromatic carbocycles. The lowest BCUT2D eigenvalue weighted by atomic mass is 9.99. The first kappa shape index (κ1) is 21.3. The van der Waals surface area contributed by atoms with E-state index in [2.05, 4.69) is 4.98 Å². The third kappa shape index (κ3) is 4.13. The molecule has 1 atom stereocenters. The normalized spacial score (nSPS) is 11.8. The second-order valence-corrected chi connectivity index (χ2v) is 6.49. The number of aromatic nitrogens is 1. The number of H-pyrrole nitrogens is 1. The predicted octanol–water partition coefficient (Wildman–Crippen LogP) is 3.68. The van der Waals surface area contributed by atoms with Gasteiger partial charge in [-0.3, -0.25) is 9.59 Å². The summed E-state index contributed by atoms with van der Waals surface area (Å²) in [6.07, 6.45) is 0. The zero-order valence-corrected chi connectivity index (χ0v) is 16.8. The van der Waals surface area contributed by atoms with Crippen LogP contribution >= 0.6 is 0 Å². The highest BCUT2D eigenvalue weighted by Crippen LogP contribution is 2.23. The van der Waals surface area contributed by atoms with Gasteiger partial charge in [0.15, 0.2) is 5.78 Å². The minimum absolute atomic E-state index is 0.177. The molecule has 0 saturated carbocycles. The van der Waals surface area contributed by atoms with E-state index < -0.39 is 23.7 Å². The first-order valence-corrected chi connectivity index (χ1v) is 9.19. The summed E-state index contributed by atoms with van der Waals surface area (Å²) in [4.78, 5) is 42.3. The summed E-state index contributed by atoms with van der Waals surface area (Å²) in [5.74, 6) is -1.78. The van der Waals surface area contributed by atoms with Crippen LogP contribution in [0.5, 0.6) is 0 Å². The number of aryl methyl sites for hydroxylation is 1. The molecule has 28 heavy (non-hydrogen) atoms. The van der Waals surface area contributed by atoms with E-state index in [1.54, 1.807) is 34.6 Å². The van der Waals surface area contributed by atoms with Gasteiger partial charge in [0, 0.05) is 23.4 Å². The molecule has 0 aliphatic heterocycles. The van der Waals surface area contributed by atoms with Crippen LogP contribution in [0, 0.1) is 19.7 Å². The maximum absolute atomic E-state index is 13.5. The number of carbonyl (C=O) groups is 3. The zero-order chi connectivity index (χ0) is 21.0. The van der Waals surface area contributed by atoms with Crippen molar-refractivity contribution in [3.63, 3.8) is 0 Å². The predicted molar refractivity (Wildman–Crippen MR) is 103 cm³/mol. The Kier molecular flexibility index (Phi) is 6.72. The monoisotopic (exact) mass is 388 g/mol. The van der Waals surface area contributed by atoms with Gasteiger partial charge in [-0.25, -0.2) is 9.18 Å². The van der Waals surface area contributed by atoms with Crippen molar-refractivity contribution in [2.75, 3.05) is 13.2 Å². The Labute approximate surface area is 163 Å². The summed E-state index contributed by atoms with van der Waals surface area (Å²) in [5.41, 5.74) is 1.79. The smallest absolute Gasteiger partial charge is 0.355 e. The maximum atomic E-state index is 13.5. The van der Waals surface area contributed by atoms with Crippen LogP contribution in [0.1, 0.15) is 63.2 Å². The summed E-state index contributed by atoms with van der Waals surface area (Å²) in [6, 6.07) is 4.58. The van der Waals surface area contributed by atoms with Crippen molar-refractivity contribution >= 4 is 17.7 Å². The molecular formula is C21H25FN2O4. The highest BCUT2D eigenvalue weighted by atomic mass is 19.1. The van der Waals surface area contributed by atoms with E-state index in [1.165, 1.54) is 23.1 Å². The van der Waals surface area contributed by atoms with Crippen LogP contribution in [-0.4, -0.2) is 46.7 Å². The summed E-state index contributed by atoms with van der Waals surface area (Å²) < 4.78 is 18.5. The molecule has 2 rings (SSSR count). The number of aromatic amines is 1. The molecule has 1 N–H and O–H groups in total. The summed E-state index contributed by atoms with van der Waals surface area (Å²) >= 11 is 0. The van der Waals surface area contributed by atoms with E-state index in [1.807, 2.05) is 0 Å². The van der Waals surface area contributed by atoms with Gasteiger partial charge in [-0.05, 0) is 58.4 Å². The van der Waals surface area contributed by atoms with Crippen LogP contribution < -0.4 is 0 Å². The van der Waals surface area contributed by atoms with Gasteiger partial charge in [-0.1, -0.05) is 6.07 Å². The number of likely N-dealkylation sites (N-methyl/N-ethyl adjacent to an activating group) is 1. The first-order valence-electron chi connectivity index (χ1n) is 9.19.